The van der Waals surface area contributed by atoms with E-state index in [2.05, 4.69) is 10.5 Å². The summed E-state index contributed by atoms with van der Waals surface area (Å²) in [5.74, 6) is 6.10. The minimum Gasteiger partial charge on any atom is -0.375 e. The first-order valence-electron chi connectivity index (χ1n) is 5.99. The molecule has 3 rings (SSSR count). The Morgan fingerprint density at radius 1 is 1.65 bits per heavy atom. The van der Waals surface area contributed by atoms with Crippen LogP contribution in [-0.4, -0.2) is 22.0 Å². The Kier molecular flexibility index (Phi) is 2.86. The standard InChI is InChI=1S/C11H17ClN4O/c1-16-11(8(12)5-14-16)10(15-13)7-4-6-2-3-9(7)17-6/h5-7,9-10,15H,2-4,13H2,1H3. The third-order valence-corrected chi connectivity index (χ3v) is 4.28. The number of rotatable bonds is 3. The van der Waals surface area contributed by atoms with Crippen LogP contribution in [0.3, 0.4) is 0 Å². The first-order chi connectivity index (χ1) is 8.20. The van der Waals surface area contributed by atoms with E-state index in [9.17, 15) is 0 Å². The Hall–Kier alpha value is -0.620. The van der Waals surface area contributed by atoms with Crippen LogP contribution in [0.15, 0.2) is 6.20 Å². The lowest BCUT2D eigenvalue weighted by atomic mass is 9.83. The van der Waals surface area contributed by atoms with Gasteiger partial charge in [-0.1, -0.05) is 11.6 Å². The van der Waals surface area contributed by atoms with Gasteiger partial charge in [-0.25, -0.2) is 0 Å². The quantitative estimate of drug-likeness (QED) is 0.629. The Balaban J connectivity index is 1.89. The number of hydrazine groups is 1. The molecule has 94 valence electrons. The molecule has 0 aliphatic carbocycles. The zero-order valence-corrected chi connectivity index (χ0v) is 10.5. The molecule has 2 fully saturated rings. The molecular weight excluding hydrogens is 240 g/mol. The monoisotopic (exact) mass is 256 g/mol. The predicted octanol–water partition coefficient (Wildman–Crippen LogP) is 1.15. The molecule has 0 spiro atoms. The van der Waals surface area contributed by atoms with Crippen molar-refractivity contribution >= 4 is 11.6 Å². The molecule has 2 bridgehead atoms. The Morgan fingerprint density at radius 2 is 2.47 bits per heavy atom. The molecule has 5 nitrogen and oxygen atoms in total. The van der Waals surface area contributed by atoms with Crippen molar-refractivity contribution in [1.29, 1.82) is 0 Å². The van der Waals surface area contributed by atoms with Gasteiger partial charge in [0.2, 0.25) is 0 Å². The molecule has 17 heavy (non-hydrogen) atoms. The third-order valence-electron chi connectivity index (χ3n) is 3.99. The second-order valence-electron chi connectivity index (χ2n) is 4.92. The fourth-order valence-corrected chi connectivity index (χ4v) is 3.49. The second kappa shape index (κ2) is 4.24. The van der Waals surface area contributed by atoms with Gasteiger partial charge in [0, 0.05) is 13.0 Å². The molecule has 3 N–H and O–H groups in total. The summed E-state index contributed by atoms with van der Waals surface area (Å²) in [7, 11) is 1.89. The minimum absolute atomic E-state index is 0.0188. The fourth-order valence-electron chi connectivity index (χ4n) is 3.20. The first-order valence-corrected chi connectivity index (χ1v) is 6.37. The molecule has 6 heteroatoms. The molecule has 0 amide bonds. The molecule has 4 unspecified atom stereocenters. The van der Waals surface area contributed by atoms with E-state index in [1.807, 2.05) is 7.05 Å². The predicted molar refractivity (Wildman–Crippen MR) is 64.3 cm³/mol. The van der Waals surface area contributed by atoms with Crippen LogP contribution in [-0.2, 0) is 11.8 Å². The van der Waals surface area contributed by atoms with Crippen molar-refractivity contribution in [2.75, 3.05) is 0 Å². The summed E-state index contributed by atoms with van der Waals surface area (Å²) >= 11 is 6.18. The largest absolute Gasteiger partial charge is 0.375 e. The number of ether oxygens (including phenoxy) is 1. The summed E-state index contributed by atoms with van der Waals surface area (Å²) in [5, 5.41) is 4.83. The van der Waals surface area contributed by atoms with Gasteiger partial charge in [-0.3, -0.25) is 16.0 Å². The average molecular weight is 257 g/mol. The van der Waals surface area contributed by atoms with Crippen LogP contribution in [0, 0.1) is 5.92 Å². The van der Waals surface area contributed by atoms with Crippen molar-refractivity contribution in [3.63, 3.8) is 0 Å². The minimum atomic E-state index is 0.0188. The Labute approximate surface area is 105 Å². The molecule has 4 atom stereocenters. The number of nitrogens with two attached hydrogens (primary N) is 1. The third kappa shape index (κ3) is 1.78. The van der Waals surface area contributed by atoms with E-state index < -0.39 is 0 Å². The molecule has 3 heterocycles. The maximum Gasteiger partial charge on any atom is 0.0834 e. The summed E-state index contributed by atoms with van der Waals surface area (Å²) < 4.78 is 7.67. The van der Waals surface area contributed by atoms with E-state index in [1.54, 1.807) is 10.9 Å². The van der Waals surface area contributed by atoms with Gasteiger partial charge in [0.25, 0.3) is 0 Å². The SMILES string of the molecule is Cn1ncc(Cl)c1C(NN)C1CC2CCC1O2. The van der Waals surface area contributed by atoms with E-state index in [-0.39, 0.29) is 6.04 Å². The van der Waals surface area contributed by atoms with Gasteiger partial charge in [-0.15, -0.1) is 0 Å². The van der Waals surface area contributed by atoms with Gasteiger partial charge in [-0.2, -0.15) is 5.10 Å². The molecule has 0 radical (unpaired) electrons. The number of nitrogens with zero attached hydrogens (tertiary/aromatic N) is 2. The second-order valence-corrected chi connectivity index (χ2v) is 5.33. The average Bonchev–Trinajstić information content (AvgIpc) is 3.00. The van der Waals surface area contributed by atoms with Crippen molar-refractivity contribution < 1.29 is 4.74 Å². The van der Waals surface area contributed by atoms with Gasteiger partial charge in [0.1, 0.15) is 0 Å². The van der Waals surface area contributed by atoms with Gasteiger partial charge in [0.15, 0.2) is 0 Å². The molecule has 2 aliphatic heterocycles. The van der Waals surface area contributed by atoms with E-state index in [0.717, 1.165) is 18.5 Å². The summed E-state index contributed by atoms with van der Waals surface area (Å²) in [6, 6.07) is 0.0188. The maximum absolute atomic E-state index is 6.18. The molecule has 0 aromatic carbocycles. The van der Waals surface area contributed by atoms with Crippen molar-refractivity contribution in [2.24, 2.45) is 18.8 Å². The lowest BCUT2D eigenvalue weighted by Crippen LogP contribution is -2.38. The number of aromatic nitrogens is 2. The molecule has 1 aromatic heterocycles. The number of halogens is 1. The summed E-state index contributed by atoms with van der Waals surface area (Å²) in [4.78, 5) is 0. The van der Waals surface area contributed by atoms with Crippen molar-refractivity contribution in [2.45, 2.75) is 37.5 Å². The van der Waals surface area contributed by atoms with Gasteiger partial charge < -0.3 is 4.74 Å². The van der Waals surface area contributed by atoms with Crippen LogP contribution < -0.4 is 11.3 Å². The lowest BCUT2D eigenvalue weighted by molar-refractivity contribution is 0.0850. The number of hydrogen-bond acceptors (Lipinski definition) is 4. The number of aryl methyl sites for hydroxylation is 1. The van der Waals surface area contributed by atoms with E-state index in [4.69, 9.17) is 22.2 Å². The van der Waals surface area contributed by atoms with Crippen LogP contribution in [0.2, 0.25) is 5.02 Å². The lowest BCUT2D eigenvalue weighted by Gasteiger charge is -2.28. The summed E-state index contributed by atoms with van der Waals surface area (Å²) in [6.45, 7) is 0. The number of nitrogens with one attached hydrogen (secondary N) is 1. The van der Waals surface area contributed by atoms with Crippen molar-refractivity contribution in [3.05, 3.63) is 16.9 Å². The van der Waals surface area contributed by atoms with Gasteiger partial charge in [0.05, 0.1) is 35.2 Å². The summed E-state index contributed by atoms with van der Waals surface area (Å²) in [5.41, 5.74) is 3.84. The molecular formula is C11H17ClN4O. The zero-order valence-electron chi connectivity index (χ0n) is 9.77. The highest BCUT2D eigenvalue weighted by Gasteiger charge is 2.45. The molecule has 0 saturated carbocycles. The highest BCUT2D eigenvalue weighted by atomic mass is 35.5. The Morgan fingerprint density at radius 3 is 2.94 bits per heavy atom. The highest BCUT2D eigenvalue weighted by molar-refractivity contribution is 6.31. The van der Waals surface area contributed by atoms with E-state index >= 15 is 0 Å². The van der Waals surface area contributed by atoms with Crippen LogP contribution >= 0.6 is 11.6 Å². The van der Waals surface area contributed by atoms with Gasteiger partial charge >= 0.3 is 0 Å². The first kappa shape index (κ1) is 11.5. The molecule has 2 aliphatic rings. The molecule has 1 aromatic rings. The highest BCUT2D eigenvalue weighted by Crippen LogP contribution is 2.45. The Bertz CT molecular complexity index is 402. The van der Waals surface area contributed by atoms with Crippen molar-refractivity contribution in [3.8, 4) is 0 Å². The topological polar surface area (TPSA) is 65.1 Å². The molecule has 2 saturated heterocycles. The maximum atomic E-state index is 6.18. The van der Waals surface area contributed by atoms with Crippen LogP contribution in [0.4, 0.5) is 0 Å². The van der Waals surface area contributed by atoms with E-state index in [0.29, 0.717) is 23.1 Å². The van der Waals surface area contributed by atoms with Crippen LogP contribution in [0.25, 0.3) is 0 Å². The normalized spacial score (nSPS) is 33.2. The van der Waals surface area contributed by atoms with E-state index in [1.165, 1.54) is 6.42 Å². The van der Waals surface area contributed by atoms with Crippen LogP contribution in [0.5, 0.6) is 0 Å². The zero-order chi connectivity index (χ0) is 12.0. The van der Waals surface area contributed by atoms with Crippen LogP contribution in [0.1, 0.15) is 31.0 Å². The number of fused-ring (bicyclic) bond motifs is 2. The summed E-state index contributed by atoms with van der Waals surface area (Å²) in [6.07, 6.45) is 5.75. The smallest absolute Gasteiger partial charge is 0.0834 e. The fraction of sp³-hybridized carbons (Fsp3) is 0.727. The number of hydrogen-bond donors (Lipinski definition) is 2. The van der Waals surface area contributed by atoms with Crippen molar-refractivity contribution in [1.82, 2.24) is 15.2 Å². The van der Waals surface area contributed by atoms with Gasteiger partial charge in [-0.05, 0) is 19.3 Å².